The number of hydrogen-bond acceptors (Lipinski definition) is 3. The molecule has 0 fully saturated rings. The number of rotatable bonds is 0. The number of carbonyl (C=O) groups excluding carboxylic acids is 1. The van der Waals surface area contributed by atoms with E-state index in [9.17, 15) is 4.79 Å². The van der Waals surface area contributed by atoms with E-state index in [4.69, 9.17) is 40.2 Å². The number of guanidine groups is 1. The van der Waals surface area contributed by atoms with E-state index in [2.05, 4.69) is 16.2 Å². The summed E-state index contributed by atoms with van der Waals surface area (Å²) >= 11 is 15.0. The first kappa shape index (κ1) is 14.2. The van der Waals surface area contributed by atoms with E-state index < -0.39 is 9.95 Å². The Morgan fingerprint density at radius 1 is 1.42 bits per heavy atom. The molecule has 0 aliphatic heterocycles. The van der Waals surface area contributed by atoms with Gasteiger partial charge in [0.05, 0.1) is 0 Å². The minimum Gasteiger partial charge on any atom is -0.415 e. The maximum absolute atomic E-state index is 9.98. The number of halogens is 3. The molecule has 0 amide bonds. The number of alkyl halides is 3. The van der Waals surface area contributed by atoms with Crippen LogP contribution in [0.25, 0.3) is 0 Å². The van der Waals surface area contributed by atoms with Gasteiger partial charge in [-0.05, 0) is 34.8 Å². The van der Waals surface area contributed by atoms with Gasteiger partial charge in [-0.3, -0.25) is 10.2 Å². The molecule has 0 aliphatic carbocycles. The number of ether oxygens (including phenoxy) is 1. The van der Waals surface area contributed by atoms with Crippen molar-refractivity contribution in [3.8, 4) is 0 Å². The summed E-state index contributed by atoms with van der Waals surface area (Å²) in [5.74, 6) is -0.954. The fourth-order valence-corrected chi connectivity index (χ4v) is 0.489. The van der Waals surface area contributed by atoms with Gasteiger partial charge in [-0.2, -0.15) is 0 Å². The maximum atomic E-state index is 9.98. The minimum atomic E-state index is -1.91. The van der Waals surface area contributed by atoms with Crippen LogP contribution in [0.15, 0.2) is 0 Å². The van der Waals surface area contributed by atoms with Gasteiger partial charge in [0.1, 0.15) is 0 Å². The Kier molecular flexibility index (Phi) is 7.27. The van der Waals surface area contributed by atoms with Crippen molar-refractivity contribution in [1.82, 2.24) is 0 Å². The molecule has 0 aromatic heterocycles. The Bertz CT molecular complexity index is 163. The highest BCUT2D eigenvalue weighted by Crippen LogP contribution is 2.26. The molecule has 0 spiro atoms. The average Bonchev–Trinajstić information content (AvgIpc) is 1.52. The van der Waals surface area contributed by atoms with E-state index in [-0.39, 0.29) is 5.96 Å². The molecule has 0 saturated carbocycles. The standard InChI is InChI=1S/C3H3Cl3O2.CH5N3/c1-2(7)8-3(4,5)6;2-1(3)4/h1H3;(H5,2,3,4). The van der Waals surface area contributed by atoms with Crippen molar-refractivity contribution < 1.29 is 9.53 Å². The summed E-state index contributed by atoms with van der Waals surface area (Å²) in [4.78, 5) is 9.98. The first-order chi connectivity index (χ1) is 5.15. The number of carbonyl (C=O) groups is 1. The molecule has 0 bridgehead atoms. The highest BCUT2D eigenvalue weighted by atomic mass is 35.6. The fourth-order valence-electron chi connectivity index (χ4n) is 0.163. The molecule has 0 radical (unpaired) electrons. The van der Waals surface area contributed by atoms with Crippen molar-refractivity contribution in [2.75, 3.05) is 0 Å². The van der Waals surface area contributed by atoms with Crippen molar-refractivity contribution >= 4 is 46.7 Å². The molecule has 0 rings (SSSR count). The molecule has 12 heavy (non-hydrogen) atoms. The zero-order valence-electron chi connectivity index (χ0n) is 6.11. The molecule has 0 aromatic carbocycles. The smallest absolute Gasteiger partial charge is 0.340 e. The first-order valence-corrected chi connectivity index (χ1v) is 3.64. The van der Waals surface area contributed by atoms with Crippen molar-refractivity contribution in [2.24, 2.45) is 11.5 Å². The van der Waals surface area contributed by atoms with Crippen LogP contribution in [0.5, 0.6) is 0 Å². The Labute approximate surface area is 84.4 Å². The molecular weight excluding hydrogens is 228 g/mol. The third-order valence-electron chi connectivity index (χ3n) is 0.259. The van der Waals surface area contributed by atoms with Crippen LogP contribution in [0.2, 0.25) is 0 Å². The van der Waals surface area contributed by atoms with Crippen LogP contribution in [0, 0.1) is 5.41 Å². The van der Waals surface area contributed by atoms with E-state index in [0.29, 0.717) is 0 Å². The molecule has 5 N–H and O–H groups in total. The molecule has 0 heterocycles. The first-order valence-electron chi connectivity index (χ1n) is 2.51. The summed E-state index contributed by atoms with van der Waals surface area (Å²) in [6.07, 6.45) is 0. The van der Waals surface area contributed by atoms with Crippen LogP contribution >= 0.6 is 34.8 Å². The number of esters is 1. The van der Waals surface area contributed by atoms with Crippen molar-refractivity contribution in [1.29, 1.82) is 5.41 Å². The zero-order valence-corrected chi connectivity index (χ0v) is 8.37. The topological polar surface area (TPSA) is 102 Å². The van der Waals surface area contributed by atoms with Gasteiger partial charge in [-0.1, -0.05) is 0 Å². The third-order valence-corrected chi connectivity index (χ3v) is 0.491. The Morgan fingerprint density at radius 3 is 1.67 bits per heavy atom. The third kappa shape index (κ3) is 33.5. The van der Waals surface area contributed by atoms with E-state index in [0.717, 1.165) is 6.92 Å². The predicted molar refractivity (Wildman–Crippen MR) is 48.2 cm³/mol. The lowest BCUT2D eigenvalue weighted by Crippen LogP contribution is -2.20. The SMILES string of the molecule is CC(=O)OC(Cl)(Cl)Cl.N=C(N)N. The molecule has 72 valence electrons. The quantitative estimate of drug-likeness (QED) is 0.249. The number of hydrogen-bond donors (Lipinski definition) is 3. The van der Waals surface area contributed by atoms with Gasteiger partial charge >= 0.3 is 9.95 Å². The molecule has 5 nitrogen and oxygen atoms in total. The summed E-state index contributed by atoms with van der Waals surface area (Å²) in [5.41, 5.74) is 8.94. The summed E-state index contributed by atoms with van der Waals surface area (Å²) in [7, 11) is 0. The van der Waals surface area contributed by atoms with Gasteiger partial charge in [-0.25, -0.2) is 0 Å². The average molecular weight is 236 g/mol. The second-order valence-electron chi connectivity index (χ2n) is 1.49. The van der Waals surface area contributed by atoms with Gasteiger partial charge in [0.2, 0.25) is 0 Å². The van der Waals surface area contributed by atoms with Crippen molar-refractivity contribution in [3.05, 3.63) is 0 Å². The lowest BCUT2D eigenvalue weighted by molar-refractivity contribution is -0.141. The summed E-state index contributed by atoms with van der Waals surface area (Å²) in [5, 5.41) is 6.06. The monoisotopic (exact) mass is 235 g/mol. The lowest BCUT2D eigenvalue weighted by atomic mass is 10.8. The number of nitrogens with one attached hydrogen (secondary N) is 1. The number of nitrogens with two attached hydrogens (primary N) is 2. The zero-order chi connectivity index (χ0) is 10.4. The van der Waals surface area contributed by atoms with E-state index in [1.807, 2.05) is 0 Å². The minimum absolute atomic E-state index is 0.333. The molecule has 0 atom stereocenters. The van der Waals surface area contributed by atoms with Crippen molar-refractivity contribution in [2.45, 2.75) is 10.9 Å². The molecule has 0 unspecified atom stereocenters. The van der Waals surface area contributed by atoms with Crippen molar-refractivity contribution in [3.63, 3.8) is 0 Å². The second-order valence-corrected chi connectivity index (χ2v) is 3.67. The van der Waals surface area contributed by atoms with E-state index >= 15 is 0 Å². The van der Waals surface area contributed by atoms with Gasteiger partial charge in [-0.15, -0.1) is 0 Å². The molecule has 8 heteroatoms. The lowest BCUT2D eigenvalue weighted by Gasteiger charge is -2.08. The van der Waals surface area contributed by atoms with Crippen LogP contribution in [-0.4, -0.2) is 15.9 Å². The van der Waals surface area contributed by atoms with Crippen LogP contribution in [-0.2, 0) is 9.53 Å². The molecule has 0 aliphatic rings. The highest BCUT2D eigenvalue weighted by Gasteiger charge is 2.22. The maximum Gasteiger partial charge on any atom is 0.340 e. The molecular formula is C4H8Cl3N3O2. The molecule has 0 saturated heterocycles. The fraction of sp³-hybridized carbons (Fsp3) is 0.500. The Hall–Kier alpha value is -0.390. The van der Waals surface area contributed by atoms with E-state index in [1.165, 1.54) is 0 Å². The highest BCUT2D eigenvalue weighted by molar-refractivity contribution is 6.66. The Balaban J connectivity index is 0. The van der Waals surface area contributed by atoms with Gasteiger partial charge in [0.25, 0.3) is 0 Å². The van der Waals surface area contributed by atoms with E-state index in [1.54, 1.807) is 0 Å². The van der Waals surface area contributed by atoms with Crippen LogP contribution < -0.4 is 11.5 Å². The normalized spacial score (nSPS) is 9.33. The summed E-state index contributed by atoms with van der Waals surface area (Å²) in [6.45, 7) is 1.15. The van der Waals surface area contributed by atoms with Gasteiger partial charge in [0.15, 0.2) is 5.96 Å². The van der Waals surface area contributed by atoms with Crippen LogP contribution in [0.4, 0.5) is 0 Å². The largest absolute Gasteiger partial charge is 0.415 e. The summed E-state index contributed by atoms with van der Waals surface area (Å²) in [6, 6.07) is 0. The Morgan fingerprint density at radius 2 is 1.67 bits per heavy atom. The predicted octanol–water partition coefficient (Wildman–Crippen LogP) is 0.716. The second kappa shape index (κ2) is 6.16. The van der Waals surface area contributed by atoms with Crippen LogP contribution in [0.3, 0.4) is 0 Å². The van der Waals surface area contributed by atoms with Crippen LogP contribution in [0.1, 0.15) is 6.92 Å². The molecule has 0 aromatic rings. The summed E-state index contributed by atoms with van der Waals surface area (Å²) < 4.78 is 2.18. The van der Waals surface area contributed by atoms with Gasteiger partial charge in [0, 0.05) is 6.92 Å². The van der Waals surface area contributed by atoms with Gasteiger partial charge < -0.3 is 16.2 Å².